The van der Waals surface area contributed by atoms with Gasteiger partial charge in [-0.1, -0.05) is 5.16 Å². The van der Waals surface area contributed by atoms with Crippen LogP contribution < -0.4 is 4.72 Å². The van der Waals surface area contributed by atoms with E-state index in [-0.39, 0.29) is 11.7 Å². The van der Waals surface area contributed by atoms with Crippen LogP contribution in [0.15, 0.2) is 10.6 Å². The minimum Gasteiger partial charge on any atom is -0.369 e. The molecule has 2 aliphatic heterocycles. The summed E-state index contributed by atoms with van der Waals surface area (Å²) in [5.41, 5.74) is 0.812. The lowest BCUT2D eigenvalue weighted by atomic mass is 9.90. The number of ether oxygens (including phenoxy) is 1. The Labute approximate surface area is 137 Å². The van der Waals surface area contributed by atoms with Crippen LogP contribution in [0.25, 0.3) is 0 Å². The van der Waals surface area contributed by atoms with Crippen molar-refractivity contribution in [3.05, 3.63) is 17.5 Å². The van der Waals surface area contributed by atoms with E-state index in [0.29, 0.717) is 6.54 Å². The fourth-order valence-corrected chi connectivity index (χ4v) is 4.08. The molecular weight excluding hydrogens is 318 g/mol. The SMILES string of the molecule is Cc1cc(CN2CC[C@]3(CCC[C@@H](CNS(C)(=O)=O)O3)C2)no1. The molecule has 1 aromatic heterocycles. The Morgan fingerprint density at radius 1 is 1.48 bits per heavy atom. The van der Waals surface area contributed by atoms with Crippen LogP contribution >= 0.6 is 0 Å². The lowest BCUT2D eigenvalue weighted by Gasteiger charge is -2.38. The maximum Gasteiger partial charge on any atom is 0.208 e. The van der Waals surface area contributed by atoms with E-state index in [9.17, 15) is 8.42 Å². The van der Waals surface area contributed by atoms with Crippen molar-refractivity contribution in [1.29, 1.82) is 0 Å². The molecule has 2 aliphatic rings. The Kier molecular flexibility index (Phi) is 4.78. The van der Waals surface area contributed by atoms with E-state index < -0.39 is 10.0 Å². The molecule has 7 nitrogen and oxygen atoms in total. The van der Waals surface area contributed by atoms with E-state index in [1.807, 2.05) is 13.0 Å². The second-order valence-corrected chi connectivity index (χ2v) is 8.66. The Morgan fingerprint density at radius 3 is 3.00 bits per heavy atom. The predicted octanol–water partition coefficient (Wildman–Crippen LogP) is 1.05. The molecule has 2 atom stereocenters. The van der Waals surface area contributed by atoms with Gasteiger partial charge in [-0.15, -0.1) is 0 Å². The molecule has 0 unspecified atom stereocenters. The highest BCUT2D eigenvalue weighted by Gasteiger charge is 2.43. The van der Waals surface area contributed by atoms with Crippen molar-refractivity contribution in [3.63, 3.8) is 0 Å². The molecular formula is C15H25N3O4S. The average molecular weight is 343 g/mol. The van der Waals surface area contributed by atoms with Crippen molar-refractivity contribution < 1.29 is 17.7 Å². The highest BCUT2D eigenvalue weighted by molar-refractivity contribution is 7.88. The normalized spacial score (nSPS) is 29.4. The number of likely N-dealkylation sites (tertiary alicyclic amines) is 1. The second kappa shape index (κ2) is 6.51. The summed E-state index contributed by atoms with van der Waals surface area (Å²) in [6.45, 7) is 4.87. The highest BCUT2D eigenvalue weighted by atomic mass is 32.2. The predicted molar refractivity (Wildman–Crippen MR) is 85.4 cm³/mol. The quantitative estimate of drug-likeness (QED) is 0.860. The standard InChI is InChI=1S/C15H25N3O4S/c1-12-8-13(17-22-12)10-18-7-6-15(11-18)5-3-4-14(21-15)9-16-23(2,19)20/h8,14,16H,3-7,9-11H2,1-2H3/t14-,15+/m0/s1. The third-order valence-electron chi connectivity index (χ3n) is 4.61. The molecule has 0 saturated carbocycles. The molecule has 2 fully saturated rings. The largest absolute Gasteiger partial charge is 0.369 e. The number of rotatable bonds is 5. The van der Waals surface area contributed by atoms with Crippen LogP contribution in [-0.2, 0) is 21.3 Å². The number of nitrogens with one attached hydrogen (secondary N) is 1. The summed E-state index contributed by atoms with van der Waals surface area (Å²) >= 11 is 0. The van der Waals surface area contributed by atoms with Crippen LogP contribution in [-0.4, -0.2) is 56.1 Å². The number of aromatic nitrogens is 1. The minimum absolute atomic E-state index is 0.0345. The van der Waals surface area contributed by atoms with Gasteiger partial charge in [-0.2, -0.15) is 0 Å². The van der Waals surface area contributed by atoms with E-state index in [1.165, 1.54) is 6.26 Å². The smallest absolute Gasteiger partial charge is 0.208 e. The molecule has 2 saturated heterocycles. The van der Waals surface area contributed by atoms with Crippen LogP contribution in [0.2, 0.25) is 0 Å². The van der Waals surface area contributed by atoms with Crippen molar-refractivity contribution in [2.24, 2.45) is 0 Å². The molecule has 1 aromatic rings. The van der Waals surface area contributed by atoms with Crippen LogP contribution in [0.1, 0.15) is 37.1 Å². The van der Waals surface area contributed by atoms with Crippen molar-refractivity contribution in [1.82, 2.24) is 14.8 Å². The third-order valence-corrected chi connectivity index (χ3v) is 5.30. The molecule has 3 rings (SSSR count). The molecule has 0 aliphatic carbocycles. The summed E-state index contributed by atoms with van der Waals surface area (Å²) in [7, 11) is -3.17. The van der Waals surface area contributed by atoms with Gasteiger partial charge in [0.1, 0.15) is 5.76 Å². The molecule has 0 bridgehead atoms. The molecule has 23 heavy (non-hydrogen) atoms. The summed E-state index contributed by atoms with van der Waals surface area (Å²) in [6, 6.07) is 1.96. The number of sulfonamides is 1. The van der Waals surface area contributed by atoms with Crippen molar-refractivity contribution >= 4 is 10.0 Å². The molecule has 130 valence electrons. The van der Waals surface area contributed by atoms with Gasteiger partial charge < -0.3 is 9.26 Å². The molecule has 0 radical (unpaired) electrons. The number of aryl methyl sites for hydroxylation is 1. The summed E-state index contributed by atoms with van der Waals surface area (Å²) in [5.74, 6) is 0.828. The van der Waals surface area contributed by atoms with E-state index in [2.05, 4.69) is 14.8 Å². The maximum atomic E-state index is 11.3. The van der Waals surface area contributed by atoms with Crippen LogP contribution in [0.5, 0.6) is 0 Å². The van der Waals surface area contributed by atoms with Crippen LogP contribution in [0.3, 0.4) is 0 Å². The zero-order chi connectivity index (χ0) is 16.5. The first kappa shape index (κ1) is 16.9. The third kappa shape index (κ3) is 4.53. The molecule has 1 N–H and O–H groups in total. The van der Waals surface area contributed by atoms with Gasteiger partial charge in [-0.3, -0.25) is 4.90 Å². The van der Waals surface area contributed by atoms with Gasteiger partial charge in [-0.25, -0.2) is 13.1 Å². The van der Waals surface area contributed by atoms with Gasteiger partial charge in [-0.05, 0) is 32.6 Å². The topological polar surface area (TPSA) is 84.7 Å². The van der Waals surface area contributed by atoms with Crippen molar-refractivity contribution in [3.8, 4) is 0 Å². The summed E-state index contributed by atoms with van der Waals surface area (Å²) < 4.78 is 36.5. The fourth-order valence-electron chi connectivity index (χ4n) is 3.60. The van der Waals surface area contributed by atoms with Crippen molar-refractivity contribution in [2.45, 2.75) is 50.9 Å². The van der Waals surface area contributed by atoms with Gasteiger partial charge in [0.15, 0.2) is 0 Å². The van der Waals surface area contributed by atoms with E-state index in [0.717, 1.165) is 56.8 Å². The summed E-state index contributed by atoms with van der Waals surface area (Å²) in [5, 5.41) is 4.05. The lowest BCUT2D eigenvalue weighted by Crippen LogP contribution is -2.46. The summed E-state index contributed by atoms with van der Waals surface area (Å²) in [4.78, 5) is 2.34. The number of hydrogen-bond donors (Lipinski definition) is 1. The summed E-state index contributed by atoms with van der Waals surface area (Å²) in [6.07, 6.45) is 5.16. The molecule has 3 heterocycles. The Morgan fingerprint density at radius 2 is 2.30 bits per heavy atom. The first-order valence-electron chi connectivity index (χ1n) is 8.11. The van der Waals surface area contributed by atoms with E-state index in [4.69, 9.17) is 9.26 Å². The molecule has 1 spiro atoms. The molecule has 0 aromatic carbocycles. The monoisotopic (exact) mass is 343 g/mol. The maximum absolute atomic E-state index is 11.3. The number of hydrogen-bond acceptors (Lipinski definition) is 6. The van der Waals surface area contributed by atoms with Gasteiger partial charge in [0.05, 0.1) is 23.7 Å². The van der Waals surface area contributed by atoms with Gasteiger partial charge in [0.2, 0.25) is 10.0 Å². The van der Waals surface area contributed by atoms with E-state index >= 15 is 0 Å². The van der Waals surface area contributed by atoms with Crippen LogP contribution in [0, 0.1) is 6.92 Å². The Balaban J connectivity index is 1.55. The van der Waals surface area contributed by atoms with Gasteiger partial charge in [0.25, 0.3) is 0 Å². The first-order valence-corrected chi connectivity index (χ1v) is 10.00. The van der Waals surface area contributed by atoms with Crippen molar-refractivity contribution in [2.75, 3.05) is 25.9 Å². The second-order valence-electron chi connectivity index (χ2n) is 6.83. The zero-order valence-corrected chi connectivity index (χ0v) is 14.6. The minimum atomic E-state index is -3.17. The fraction of sp³-hybridized carbons (Fsp3) is 0.800. The van der Waals surface area contributed by atoms with Crippen LogP contribution in [0.4, 0.5) is 0 Å². The average Bonchev–Trinajstić information content (AvgIpc) is 3.04. The Bertz CT molecular complexity index is 645. The Hall–Kier alpha value is -0.960. The van der Waals surface area contributed by atoms with E-state index in [1.54, 1.807) is 0 Å². The highest BCUT2D eigenvalue weighted by Crippen LogP contribution is 2.37. The lowest BCUT2D eigenvalue weighted by molar-refractivity contribution is -0.118. The molecule has 8 heteroatoms. The van der Waals surface area contributed by atoms with Gasteiger partial charge >= 0.3 is 0 Å². The van der Waals surface area contributed by atoms with Gasteiger partial charge in [0, 0.05) is 32.2 Å². The number of nitrogens with zero attached hydrogens (tertiary/aromatic N) is 2. The first-order chi connectivity index (χ1) is 10.8. The molecule has 0 amide bonds. The zero-order valence-electron chi connectivity index (χ0n) is 13.7.